The first-order valence-electron chi connectivity index (χ1n) is 7.27. The van der Waals surface area contributed by atoms with Crippen molar-refractivity contribution in [3.05, 3.63) is 52.6 Å². The Balaban J connectivity index is 1.93. The Hall–Kier alpha value is -3.56. The Labute approximate surface area is 153 Å². The van der Waals surface area contributed by atoms with Crippen LogP contribution in [0.15, 0.2) is 35.4 Å². The van der Waals surface area contributed by atoms with Crippen LogP contribution in [0.2, 0.25) is 0 Å². The minimum atomic E-state index is -1.01. The van der Waals surface area contributed by atoms with Crippen LogP contribution < -0.4 is 11.1 Å². The monoisotopic (exact) mass is 367 g/mol. The van der Waals surface area contributed by atoms with Crippen LogP contribution in [0, 0.1) is 22.7 Å². The maximum atomic E-state index is 12.0. The van der Waals surface area contributed by atoms with E-state index in [1.165, 1.54) is 18.2 Å². The van der Waals surface area contributed by atoms with Crippen molar-refractivity contribution in [3.63, 3.8) is 0 Å². The molecule has 130 valence electrons. The Morgan fingerprint density at radius 1 is 1.19 bits per heavy atom. The third kappa shape index (κ3) is 4.72. The molecule has 0 bridgehead atoms. The van der Waals surface area contributed by atoms with Crippen molar-refractivity contribution in [1.82, 2.24) is 10.3 Å². The molecular weight excluding hydrogens is 354 g/mol. The van der Waals surface area contributed by atoms with E-state index in [-0.39, 0.29) is 45.7 Å². The number of benzene rings is 1. The first kappa shape index (κ1) is 18.8. The highest BCUT2D eigenvalue weighted by atomic mass is 32.2. The van der Waals surface area contributed by atoms with E-state index in [0.717, 1.165) is 17.3 Å². The van der Waals surface area contributed by atoms with Gasteiger partial charge in [-0.25, -0.2) is 9.78 Å². The smallest absolute Gasteiger partial charge is 0.335 e. The molecule has 4 N–H and O–H groups in total. The molecule has 0 unspecified atom stereocenters. The van der Waals surface area contributed by atoms with Crippen molar-refractivity contribution in [1.29, 1.82) is 10.5 Å². The molecule has 0 radical (unpaired) electrons. The number of rotatable bonds is 6. The summed E-state index contributed by atoms with van der Waals surface area (Å²) in [6.07, 6.45) is 0. The summed E-state index contributed by atoms with van der Waals surface area (Å²) >= 11 is 1.04. The first-order chi connectivity index (χ1) is 12.4. The Morgan fingerprint density at radius 2 is 1.85 bits per heavy atom. The predicted molar refractivity (Wildman–Crippen MR) is 94.1 cm³/mol. The molecule has 26 heavy (non-hydrogen) atoms. The van der Waals surface area contributed by atoms with E-state index < -0.39 is 5.97 Å². The summed E-state index contributed by atoms with van der Waals surface area (Å²) < 4.78 is 0. The zero-order valence-corrected chi connectivity index (χ0v) is 14.2. The number of nitrogen functional groups attached to an aromatic ring is 1. The maximum absolute atomic E-state index is 12.0. The number of thioether (sulfide) groups is 1. The fourth-order valence-electron chi connectivity index (χ4n) is 1.94. The topological polar surface area (TPSA) is 153 Å². The van der Waals surface area contributed by atoms with Crippen LogP contribution in [-0.2, 0) is 11.3 Å². The van der Waals surface area contributed by atoms with E-state index in [0.29, 0.717) is 0 Å². The number of aromatic nitrogens is 1. The predicted octanol–water partition coefficient (Wildman–Crippen LogP) is 1.51. The number of amides is 1. The van der Waals surface area contributed by atoms with Gasteiger partial charge >= 0.3 is 5.97 Å². The van der Waals surface area contributed by atoms with E-state index >= 15 is 0 Å². The molecule has 0 saturated carbocycles. The van der Waals surface area contributed by atoms with Gasteiger partial charge in [0.05, 0.1) is 22.4 Å². The Bertz CT molecular complexity index is 929. The third-order valence-electron chi connectivity index (χ3n) is 3.29. The van der Waals surface area contributed by atoms with Crippen LogP contribution in [0.25, 0.3) is 0 Å². The summed E-state index contributed by atoms with van der Waals surface area (Å²) in [5.41, 5.74) is 6.85. The minimum absolute atomic E-state index is 0.00734. The molecule has 0 saturated heterocycles. The van der Waals surface area contributed by atoms with Crippen LogP contribution in [0.4, 0.5) is 5.82 Å². The van der Waals surface area contributed by atoms with E-state index in [9.17, 15) is 9.59 Å². The Morgan fingerprint density at radius 3 is 2.42 bits per heavy atom. The van der Waals surface area contributed by atoms with Gasteiger partial charge in [-0.2, -0.15) is 10.5 Å². The van der Waals surface area contributed by atoms with Gasteiger partial charge in [-0.05, 0) is 23.8 Å². The number of carboxylic acids is 1. The van der Waals surface area contributed by atoms with Gasteiger partial charge in [-0.1, -0.05) is 23.9 Å². The lowest BCUT2D eigenvalue weighted by Gasteiger charge is -2.07. The van der Waals surface area contributed by atoms with Gasteiger partial charge in [0.1, 0.15) is 23.0 Å². The number of carbonyl (C=O) groups is 2. The van der Waals surface area contributed by atoms with Crippen LogP contribution in [0.3, 0.4) is 0 Å². The van der Waals surface area contributed by atoms with Crippen molar-refractivity contribution in [2.75, 3.05) is 11.5 Å². The summed E-state index contributed by atoms with van der Waals surface area (Å²) in [5, 5.41) is 29.8. The van der Waals surface area contributed by atoms with Crippen molar-refractivity contribution in [2.45, 2.75) is 11.6 Å². The average Bonchev–Trinajstić information content (AvgIpc) is 2.65. The van der Waals surface area contributed by atoms with Gasteiger partial charge in [0, 0.05) is 6.54 Å². The minimum Gasteiger partial charge on any atom is -0.478 e. The number of anilines is 1. The zero-order chi connectivity index (χ0) is 19.1. The molecule has 2 rings (SSSR count). The second-order valence-corrected chi connectivity index (χ2v) is 6.03. The van der Waals surface area contributed by atoms with Crippen molar-refractivity contribution in [2.24, 2.45) is 0 Å². The van der Waals surface area contributed by atoms with Crippen LogP contribution in [-0.4, -0.2) is 27.7 Å². The largest absolute Gasteiger partial charge is 0.478 e. The van der Waals surface area contributed by atoms with Gasteiger partial charge < -0.3 is 16.2 Å². The fraction of sp³-hybridized carbons (Fsp3) is 0.118. The molecule has 0 atom stereocenters. The van der Waals surface area contributed by atoms with Gasteiger partial charge in [0.2, 0.25) is 5.91 Å². The van der Waals surface area contributed by atoms with Gasteiger partial charge in [-0.3, -0.25) is 4.79 Å². The van der Waals surface area contributed by atoms with Crippen molar-refractivity contribution in [3.8, 4) is 12.1 Å². The quantitative estimate of drug-likeness (QED) is 0.649. The first-order valence-corrected chi connectivity index (χ1v) is 8.25. The molecule has 9 heteroatoms. The SMILES string of the molecule is N#Cc1cc(C#N)c(SCC(=O)NCc2ccc(C(=O)O)cc2)nc1N. The van der Waals surface area contributed by atoms with E-state index in [2.05, 4.69) is 10.3 Å². The summed E-state index contributed by atoms with van der Waals surface area (Å²) in [4.78, 5) is 26.7. The summed E-state index contributed by atoms with van der Waals surface area (Å²) in [5.74, 6) is -1.28. The molecular formula is C17H13N5O3S. The number of carboxylic acid groups (broad SMARTS) is 1. The molecule has 0 aliphatic rings. The number of nitrogens with zero attached hydrogens (tertiary/aromatic N) is 3. The zero-order valence-electron chi connectivity index (χ0n) is 13.4. The summed E-state index contributed by atoms with van der Waals surface area (Å²) in [7, 11) is 0. The molecule has 1 aromatic carbocycles. The Kier molecular flexibility index (Phi) is 6.15. The van der Waals surface area contributed by atoms with E-state index in [4.69, 9.17) is 21.4 Å². The average molecular weight is 367 g/mol. The van der Waals surface area contributed by atoms with Crippen LogP contribution >= 0.6 is 11.8 Å². The normalized spacial score (nSPS) is 9.77. The van der Waals surface area contributed by atoms with Crippen molar-refractivity contribution < 1.29 is 14.7 Å². The number of carbonyl (C=O) groups excluding carboxylic acids is 1. The number of hydrogen-bond acceptors (Lipinski definition) is 7. The number of pyridine rings is 1. The lowest BCUT2D eigenvalue weighted by atomic mass is 10.1. The van der Waals surface area contributed by atoms with Crippen LogP contribution in [0.5, 0.6) is 0 Å². The molecule has 0 aliphatic heterocycles. The highest BCUT2D eigenvalue weighted by Gasteiger charge is 2.12. The second kappa shape index (κ2) is 8.51. The van der Waals surface area contributed by atoms with Gasteiger partial charge in [0.25, 0.3) is 0 Å². The standard InChI is InChI=1S/C17H13N5O3S/c18-6-12-5-13(7-19)16(22-15(12)20)26-9-14(23)21-8-10-1-3-11(4-2-10)17(24)25/h1-5H,8-9H2,(H2,20,22)(H,21,23)(H,24,25). The number of nitriles is 2. The second-order valence-electron chi connectivity index (χ2n) is 5.06. The number of hydrogen-bond donors (Lipinski definition) is 3. The molecule has 0 aliphatic carbocycles. The van der Waals surface area contributed by atoms with Gasteiger partial charge in [0.15, 0.2) is 0 Å². The third-order valence-corrected chi connectivity index (χ3v) is 4.28. The maximum Gasteiger partial charge on any atom is 0.335 e. The van der Waals surface area contributed by atoms with Crippen molar-refractivity contribution >= 4 is 29.5 Å². The van der Waals surface area contributed by atoms with Gasteiger partial charge in [-0.15, -0.1) is 0 Å². The molecule has 1 heterocycles. The fourth-order valence-corrected chi connectivity index (χ4v) is 2.73. The van der Waals surface area contributed by atoms with E-state index in [1.54, 1.807) is 12.1 Å². The molecule has 2 aromatic rings. The molecule has 8 nitrogen and oxygen atoms in total. The van der Waals surface area contributed by atoms with Crippen LogP contribution in [0.1, 0.15) is 27.0 Å². The lowest BCUT2D eigenvalue weighted by molar-refractivity contribution is -0.118. The number of nitrogens with one attached hydrogen (secondary N) is 1. The summed E-state index contributed by atoms with van der Waals surface area (Å²) in [6.45, 7) is 0.243. The molecule has 0 fully saturated rings. The molecule has 0 spiro atoms. The highest BCUT2D eigenvalue weighted by Crippen LogP contribution is 2.23. The van der Waals surface area contributed by atoms with E-state index in [1.807, 2.05) is 12.1 Å². The summed E-state index contributed by atoms with van der Waals surface area (Å²) in [6, 6.07) is 11.3. The number of nitrogens with two attached hydrogens (primary N) is 1. The highest BCUT2D eigenvalue weighted by molar-refractivity contribution is 8.00. The lowest BCUT2D eigenvalue weighted by Crippen LogP contribution is -2.24. The molecule has 1 aromatic heterocycles. The number of aromatic carboxylic acids is 1. The molecule has 1 amide bonds.